The zero-order valence-corrected chi connectivity index (χ0v) is 14.0. The van der Waals surface area contributed by atoms with Crippen LogP contribution in [0.3, 0.4) is 0 Å². The molecule has 122 valence electrons. The number of hydrogen-bond acceptors (Lipinski definition) is 4. The standard InChI is InChI=1S/C17H26N2O2S/c1-18-15(13-22-16-5-3-2-4-6-16)9-12-19-10-7-14(8-11-19)17(20)21/h2-6,14-15,18H,7-13H2,1H3,(H,20,21)/t15-/m1/s1. The average Bonchev–Trinajstić information content (AvgIpc) is 2.56. The molecule has 0 aromatic heterocycles. The van der Waals surface area contributed by atoms with Crippen molar-refractivity contribution in [3.63, 3.8) is 0 Å². The van der Waals surface area contributed by atoms with Gasteiger partial charge in [-0.3, -0.25) is 4.79 Å². The summed E-state index contributed by atoms with van der Waals surface area (Å²) in [6, 6.07) is 11.0. The Morgan fingerprint density at radius 1 is 1.36 bits per heavy atom. The summed E-state index contributed by atoms with van der Waals surface area (Å²) in [4.78, 5) is 14.7. The second kappa shape index (κ2) is 9.18. The van der Waals surface area contributed by atoms with Crippen LogP contribution in [0, 0.1) is 5.92 Å². The molecule has 2 rings (SSSR count). The van der Waals surface area contributed by atoms with Crippen LogP contribution in [0.25, 0.3) is 0 Å². The van der Waals surface area contributed by atoms with E-state index in [1.54, 1.807) is 0 Å². The highest BCUT2D eigenvalue weighted by atomic mass is 32.2. The minimum Gasteiger partial charge on any atom is -0.481 e. The van der Waals surface area contributed by atoms with Crippen molar-refractivity contribution in [2.75, 3.05) is 32.4 Å². The van der Waals surface area contributed by atoms with Crippen molar-refractivity contribution in [2.24, 2.45) is 5.92 Å². The van der Waals surface area contributed by atoms with Crippen LogP contribution in [0.2, 0.25) is 0 Å². The minimum absolute atomic E-state index is 0.134. The molecule has 1 fully saturated rings. The molecule has 0 radical (unpaired) electrons. The number of piperidine rings is 1. The van der Waals surface area contributed by atoms with Gasteiger partial charge in [-0.25, -0.2) is 0 Å². The Balaban J connectivity index is 1.67. The third-order valence-corrected chi connectivity index (χ3v) is 5.51. The molecule has 5 heteroatoms. The van der Waals surface area contributed by atoms with Crippen LogP contribution < -0.4 is 5.32 Å². The van der Waals surface area contributed by atoms with E-state index in [2.05, 4.69) is 34.5 Å². The highest BCUT2D eigenvalue weighted by Gasteiger charge is 2.24. The van der Waals surface area contributed by atoms with Gasteiger partial charge in [0.05, 0.1) is 5.92 Å². The maximum Gasteiger partial charge on any atom is 0.306 e. The van der Waals surface area contributed by atoms with Crippen LogP contribution in [-0.4, -0.2) is 54.5 Å². The molecule has 0 amide bonds. The Bertz CT molecular complexity index is 447. The second-order valence-corrected chi connectivity index (χ2v) is 6.95. The number of nitrogens with zero attached hydrogens (tertiary/aromatic N) is 1. The number of likely N-dealkylation sites (tertiary alicyclic amines) is 1. The molecule has 0 saturated carbocycles. The van der Waals surface area contributed by atoms with E-state index in [9.17, 15) is 4.79 Å². The van der Waals surface area contributed by atoms with Gasteiger partial charge in [0.2, 0.25) is 0 Å². The van der Waals surface area contributed by atoms with E-state index in [4.69, 9.17) is 5.11 Å². The molecule has 2 N–H and O–H groups in total. The first-order valence-electron chi connectivity index (χ1n) is 7.99. The summed E-state index contributed by atoms with van der Waals surface area (Å²) in [5.74, 6) is 0.295. The van der Waals surface area contributed by atoms with Crippen molar-refractivity contribution in [3.8, 4) is 0 Å². The summed E-state index contributed by atoms with van der Waals surface area (Å²) in [5, 5.41) is 12.4. The van der Waals surface area contributed by atoms with Crippen molar-refractivity contribution in [3.05, 3.63) is 30.3 Å². The smallest absolute Gasteiger partial charge is 0.306 e. The Morgan fingerprint density at radius 3 is 2.64 bits per heavy atom. The molecule has 1 aromatic rings. The quantitative estimate of drug-likeness (QED) is 0.721. The third kappa shape index (κ3) is 5.63. The van der Waals surface area contributed by atoms with E-state index < -0.39 is 5.97 Å². The first-order valence-corrected chi connectivity index (χ1v) is 8.98. The van der Waals surface area contributed by atoms with Crippen molar-refractivity contribution < 1.29 is 9.90 Å². The molecule has 22 heavy (non-hydrogen) atoms. The topological polar surface area (TPSA) is 52.6 Å². The average molecular weight is 322 g/mol. The van der Waals surface area contributed by atoms with Crippen LogP contribution in [0.4, 0.5) is 0 Å². The van der Waals surface area contributed by atoms with Crippen molar-refractivity contribution in [2.45, 2.75) is 30.2 Å². The first-order chi connectivity index (χ1) is 10.7. The molecular formula is C17H26N2O2S. The summed E-state index contributed by atoms with van der Waals surface area (Å²) < 4.78 is 0. The van der Waals surface area contributed by atoms with Gasteiger partial charge in [-0.1, -0.05) is 18.2 Å². The van der Waals surface area contributed by atoms with Gasteiger partial charge < -0.3 is 15.3 Å². The Morgan fingerprint density at radius 2 is 2.05 bits per heavy atom. The number of nitrogens with one attached hydrogen (secondary N) is 1. The molecular weight excluding hydrogens is 296 g/mol. The van der Waals surface area contributed by atoms with Gasteiger partial charge in [-0.15, -0.1) is 11.8 Å². The van der Waals surface area contributed by atoms with Crippen LogP contribution in [0.1, 0.15) is 19.3 Å². The SMILES string of the molecule is CN[C@H](CCN1CCC(C(=O)O)CC1)CSc1ccccc1. The maximum absolute atomic E-state index is 11.0. The highest BCUT2D eigenvalue weighted by molar-refractivity contribution is 7.99. The third-order valence-electron chi connectivity index (χ3n) is 4.33. The molecule has 1 aliphatic rings. The summed E-state index contributed by atoms with van der Waals surface area (Å²) in [7, 11) is 2.02. The summed E-state index contributed by atoms with van der Waals surface area (Å²) in [6.07, 6.45) is 2.69. The van der Waals surface area contributed by atoms with Gasteiger partial charge in [-0.05, 0) is 58.1 Å². The molecule has 0 aliphatic carbocycles. The molecule has 1 saturated heterocycles. The second-order valence-electron chi connectivity index (χ2n) is 5.85. The highest BCUT2D eigenvalue weighted by Crippen LogP contribution is 2.20. The molecule has 4 nitrogen and oxygen atoms in total. The van der Waals surface area contributed by atoms with Crippen molar-refractivity contribution >= 4 is 17.7 Å². The van der Waals surface area contributed by atoms with E-state index in [0.717, 1.165) is 44.6 Å². The summed E-state index contributed by atoms with van der Waals surface area (Å²) in [5.41, 5.74) is 0. The van der Waals surface area contributed by atoms with E-state index in [1.165, 1.54) is 4.90 Å². The Kier molecular flexibility index (Phi) is 7.22. The predicted octanol–water partition coefficient (Wildman–Crippen LogP) is 2.55. The zero-order valence-electron chi connectivity index (χ0n) is 13.2. The number of carboxylic acids is 1. The number of rotatable bonds is 8. The van der Waals surface area contributed by atoms with E-state index in [1.807, 2.05) is 24.9 Å². The van der Waals surface area contributed by atoms with Crippen molar-refractivity contribution in [1.29, 1.82) is 0 Å². The number of benzene rings is 1. The lowest BCUT2D eigenvalue weighted by atomic mass is 9.97. The number of carboxylic acid groups (broad SMARTS) is 1. The lowest BCUT2D eigenvalue weighted by Gasteiger charge is -2.31. The zero-order chi connectivity index (χ0) is 15.8. The van der Waals surface area contributed by atoms with Crippen LogP contribution >= 0.6 is 11.8 Å². The van der Waals surface area contributed by atoms with Gasteiger partial charge in [0.1, 0.15) is 0 Å². The van der Waals surface area contributed by atoms with Crippen molar-refractivity contribution in [1.82, 2.24) is 10.2 Å². The Hall–Kier alpha value is -1.04. The molecule has 1 aliphatic heterocycles. The molecule has 1 atom stereocenters. The number of carbonyl (C=O) groups is 1. The minimum atomic E-state index is -0.632. The van der Waals surface area contributed by atoms with Gasteiger partial charge in [-0.2, -0.15) is 0 Å². The summed E-state index contributed by atoms with van der Waals surface area (Å²) >= 11 is 1.89. The van der Waals surface area contributed by atoms with E-state index in [-0.39, 0.29) is 5.92 Å². The number of aliphatic carboxylic acids is 1. The number of thioether (sulfide) groups is 1. The summed E-state index contributed by atoms with van der Waals surface area (Å²) in [6.45, 7) is 2.88. The fourth-order valence-corrected chi connectivity index (χ4v) is 3.84. The molecule has 1 aromatic carbocycles. The van der Waals surface area contributed by atoms with Gasteiger partial charge in [0, 0.05) is 16.7 Å². The molecule has 1 heterocycles. The monoisotopic (exact) mass is 322 g/mol. The van der Waals surface area contributed by atoms with Crippen LogP contribution in [-0.2, 0) is 4.79 Å². The molecule has 0 spiro atoms. The van der Waals surface area contributed by atoms with Gasteiger partial charge >= 0.3 is 5.97 Å². The van der Waals surface area contributed by atoms with Gasteiger partial charge in [0.15, 0.2) is 0 Å². The van der Waals surface area contributed by atoms with Crippen LogP contribution in [0.5, 0.6) is 0 Å². The largest absolute Gasteiger partial charge is 0.481 e. The molecule has 0 bridgehead atoms. The van der Waals surface area contributed by atoms with E-state index in [0.29, 0.717) is 6.04 Å². The normalized spacial score (nSPS) is 18.2. The van der Waals surface area contributed by atoms with Gasteiger partial charge in [0.25, 0.3) is 0 Å². The lowest BCUT2D eigenvalue weighted by molar-refractivity contribution is -0.143. The van der Waals surface area contributed by atoms with E-state index >= 15 is 0 Å². The lowest BCUT2D eigenvalue weighted by Crippen LogP contribution is -2.39. The van der Waals surface area contributed by atoms with Crippen LogP contribution in [0.15, 0.2) is 35.2 Å². The maximum atomic E-state index is 11.0. The molecule has 0 unspecified atom stereocenters. The Labute approximate surface area is 137 Å². The number of hydrogen-bond donors (Lipinski definition) is 2. The fraction of sp³-hybridized carbons (Fsp3) is 0.588. The first kappa shape index (κ1) is 17.3. The fourth-order valence-electron chi connectivity index (χ4n) is 2.77. The predicted molar refractivity (Wildman–Crippen MR) is 91.4 cm³/mol.